The van der Waals surface area contributed by atoms with Gasteiger partial charge in [0, 0.05) is 25.8 Å². The van der Waals surface area contributed by atoms with Crippen molar-refractivity contribution in [1.29, 1.82) is 0 Å². The standard InChI is InChI=1S/C18H20N2O4S/c1-19(13-15-5-3-2-4-6-15)25(22,23)17-9-7-16(8-10-17)20-11-12-24-14-18(20)21/h2-10H,11-14H2,1H3. The zero-order valence-corrected chi connectivity index (χ0v) is 14.8. The van der Waals surface area contributed by atoms with Crippen LogP contribution in [0.5, 0.6) is 0 Å². The van der Waals surface area contributed by atoms with Crippen LogP contribution in [0.25, 0.3) is 0 Å². The number of nitrogens with zero attached hydrogens (tertiary/aromatic N) is 2. The van der Waals surface area contributed by atoms with E-state index >= 15 is 0 Å². The van der Waals surface area contributed by atoms with Gasteiger partial charge in [0.1, 0.15) is 6.61 Å². The number of ether oxygens (including phenoxy) is 1. The molecule has 1 amide bonds. The van der Waals surface area contributed by atoms with Gasteiger partial charge in [0.15, 0.2) is 0 Å². The molecule has 25 heavy (non-hydrogen) atoms. The molecule has 1 aliphatic rings. The largest absolute Gasteiger partial charge is 0.370 e. The Labute approximate surface area is 147 Å². The summed E-state index contributed by atoms with van der Waals surface area (Å²) >= 11 is 0. The second-order valence-corrected chi connectivity index (χ2v) is 7.88. The SMILES string of the molecule is CN(Cc1ccccc1)S(=O)(=O)c1ccc(N2CCOCC2=O)cc1. The van der Waals surface area contributed by atoms with Crippen LogP contribution >= 0.6 is 0 Å². The van der Waals surface area contributed by atoms with Crippen molar-refractivity contribution in [3.05, 3.63) is 60.2 Å². The first-order chi connectivity index (χ1) is 12.0. The van der Waals surface area contributed by atoms with Crippen LogP contribution in [0.3, 0.4) is 0 Å². The molecular formula is C18H20N2O4S. The Hall–Kier alpha value is -2.22. The van der Waals surface area contributed by atoms with Gasteiger partial charge < -0.3 is 9.64 Å². The Morgan fingerprint density at radius 3 is 2.40 bits per heavy atom. The number of amides is 1. The van der Waals surface area contributed by atoms with Crippen LogP contribution in [0.4, 0.5) is 5.69 Å². The highest BCUT2D eigenvalue weighted by Gasteiger charge is 2.23. The fourth-order valence-electron chi connectivity index (χ4n) is 2.69. The van der Waals surface area contributed by atoms with Gasteiger partial charge in [-0.1, -0.05) is 30.3 Å². The van der Waals surface area contributed by atoms with Gasteiger partial charge in [0.2, 0.25) is 10.0 Å². The van der Waals surface area contributed by atoms with Crippen LogP contribution < -0.4 is 4.90 Å². The first kappa shape index (κ1) is 17.6. The lowest BCUT2D eigenvalue weighted by Crippen LogP contribution is -2.41. The summed E-state index contributed by atoms with van der Waals surface area (Å²) in [5.74, 6) is -0.122. The summed E-state index contributed by atoms with van der Waals surface area (Å²) in [5.41, 5.74) is 1.60. The molecule has 0 aliphatic carbocycles. The monoisotopic (exact) mass is 360 g/mol. The van der Waals surface area contributed by atoms with Crippen molar-refractivity contribution in [2.75, 3.05) is 31.7 Å². The topological polar surface area (TPSA) is 66.9 Å². The minimum absolute atomic E-state index is 0.0554. The zero-order valence-electron chi connectivity index (χ0n) is 14.0. The van der Waals surface area contributed by atoms with Gasteiger partial charge in [-0.15, -0.1) is 0 Å². The van der Waals surface area contributed by atoms with Crippen molar-refractivity contribution >= 4 is 21.6 Å². The lowest BCUT2D eigenvalue weighted by atomic mass is 10.2. The van der Waals surface area contributed by atoms with Crippen molar-refractivity contribution in [2.24, 2.45) is 0 Å². The number of anilines is 1. The quantitative estimate of drug-likeness (QED) is 0.816. The number of sulfonamides is 1. The lowest BCUT2D eigenvalue weighted by Gasteiger charge is -2.27. The molecule has 3 rings (SSSR count). The molecule has 1 heterocycles. The molecule has 2 aromatic rings. The van der Waals surface area contributed by atoms with E-state index in [9.17, 15) is 13.2 Å². The first-order valence-electron chi connectivity index (χ1n) is 7.97. The molecule has 1 saturated heterocycles. The smallest absolute Gasteiger partial charge is 0.253 e. The Morgan fingerprint density at radius 2 is 1.76 bits per heavy atom. The van der Waals surface area contributed by atoms with E-state index in [0.29, 0.717) is 25.4 Å². The third kappa shape index (κ3) is 3.89. The maximum Gasteiger partial charge on any atom is 0.253 e. The number of benzene rings is 2. The number of hydrogen-bond donors (Lipinski definition) is 0. The average Bonchev–Trinajstić information content (AvgIpc) is 2.63. The fraction of sp³-hybridized carbons (Fsp3) is 0.278. The van der Waals surface area contributed by atoms with Crippen molar-refractivity contribution in [3.8, 4) is 0 Å². The third-order valence-electron chi connectivity index (χ3n) is 4.09. The molecule has 0 aromatic heterocycles. The molecule has 1 fully saturated rings. The molecule has 0 atom stereocenters. The van der Waals surface area contributed by atoms with E-state index in [1.54, 1.807) is 24.1 Å². The Morgan fingerprint density at radius 1 is 1.08 bits per heavy atom. The number of carbonyl (C=O) groups is 1. The van der Waals surface area contributed by atoms with Gasteiger partial charge in [-0.25, -0.2) is 8.42 Å². The molecule has 0 N–H and O–H groups in total. The lowest BCUT2D eigenvalue weighted by molar-refractivity contribution is -0.125. The highest BCUT2D eigenvalue weighted by molar-refractivity contribution is 7.89. The van der Waals surface area contributed by atoms with E-state index < -0.39 is 10.0 Å². The second-order valence-electron chi connectivity index (χ2n) is 5.84. The maximum absolute atomic E-state index is 12.7. The summed E-state index contributed by atoms with van der Waals surface area (Å²) in [6, 6.07) is 15.8. The number of rotatable bonds is 5. The summed E-state index contributed by atoms with van der Waals surface area (Å²) in [4.78, 5) is 13.7. The summed E-state index contributed by atoms with van der Waals surface area (Å²) in [7, 11) is -2.04. The molecule has 2 aromatic carbocycles. The van der Waals surface area contributed by atoms with Crippen molar-refractivity contribution in [1.82, 2.24) is 4.31 Å². The van der Waals surface area contributed by atoms with Crippen LogP contribution in [-0.2, 0) is 26.1 Å². The molecular weight excluding hydrogens is 340 g/mol. The Kier molecular flexibility index (Phi) is 5.17. The van der Waals surface area contributed by atoms with Crippen LogP contribution in [0.1, 0.15) is 5.56 Å². The molecule has 0 unspecified atom stereocenters. The van der Waals surface area contributed by atoms with E-state index in [2.05, 4.69) is 0 Å². The number of morpholine rings is 1. The molecule has 132 valence electrons. The van der Waals surface area contributed by atoms with E-state index in [1.807, 2.05) is 30.3 Å². The molecule has 0 saturated carbocycles. The van der Waals surface area contributed by atoms with E-state index in [0.717, 1.165) is 5.56 Å². The molecule has 0 bridgehead atoms. The van der Waals surface area contributed by atoms with Crippen LogP contribution in [0, 0.1) is 0 Å². The fourth-order valence-corrected chi connectivity index (χ4v) is 3.85. The predicted octanol–water partition coefficient (Wildman–Crippen LogP) is 1.87. The molecule has 0 spiro atoms. The first-order valence-corrected chi connectivity index (χ1v) is 9.41. The Bertz CT molecular complexity index is 835. The molecule has 0 radical (unpaired) electrons. The van der Waals surface area contributed by atoms with E-state index in [1.165, 1.54) is 16.4 Å². The second kappa shape index (κ2) is 7.35. The minimum atomic E-state index is -3.59. The number of hydrogen-bond acceptors (Lipinski definition) is 4. The minimum Gasteiger partial charge on any atom is -0.370 e. The molecule has 7 heteroatoms. The summed E-state index contributed by atoms with van der Waals surface area (Å²) in [5, 5.41) is 0. The number of carbonyl (C=O) groups excluding carboxylic acids is 1. The molecule has 6 nitrogen and oxygen atoms in total. The summed E-state index contributed by atoms with van der Waals surface area (Å²) in [6.07, 6.45) is 0. The molecule has 1 aliphatic heterocycles. The summed E-state index contributed by atoms with van der Waals surface area (Å²) in [6.45, 7) is 1.30. The Balaban J connectivity index is 1.77. The maximum atomic E-state index is 12.7. The van der Waals surface area contributed by atoms with Gasteiger partial charge in [-0.2, -0.15) is 4.31 Å². The van der Waals surface area contributed by atoms with Gasteiger partial charge >= 0.3 is 0 Å². The third-order valence-corrected chi connectivity index (χ3v) is 5.91. The van der Waals surface area contributed by atoms with Crippen molar-refractivity contribution in [2.45, 2.75) is 11.4 Å². The van der Waals surface area contributed by atoms with Gasteiger partial charge in [0.25, 0.3) is 5.91 Å². The van der Waals surface area contributed by atoms with Crippen molar-refractivity contribution < 1.29 is 17.9 Å². The van der Waals surface area contributed by atoms with E-state index in [4.69, 9.17) is 4.74 Å². The zero-order chi connectivity index (χ0) is 17.9. The average molecular weight is 360 g/mol. The highest BCUT2D eigenvalue weighted by atomic mass is 32.2. The highest BCUT2D eigenvalue weighted by Crippen LogP contribution is 2.22. The van der Waals surface area contributed by atoms with Crippen LogP contribution in [-0.4, -0.2) is 45.4 Å². The van der Waals surface area contributed by atoms with E-state index in [-0.39, 0.29) is 17.4 Å². The van der Waals surface area contributed by atoms with Crippen LogP contribution in [0.2, 0.25) is 0 Å². The normalized spacial score (nSPS) is 15.6. The van der Waals surface area contributed by atoms with Gasteiger partial charge in [0.05, 0.1) is 11.5 Å². The van der Waals surface area contributed by atoms with Crippen LogP contribution in [0.15, 0.2) is 59.5 Å². The van der Waals surface area contributed by atoms with Gasteiger partial charge in [-0.05, 0) is 29.8 Å². The van der Waals surface area contributed by atoms with Gasteiger partial charge in [-0.3, -0.25) is 4.79 Å². The summed E-state index contributed by atoms with van der Waals surface area (Å²) < 4.78 is 31.9. The van der Waals surface area contributed by atoms with Crippen molar-refractivity contribution in [3.63, 3.8) is 0 Å². The predicted molar refractivity (Wildman–Crippen MR) is 94.7 cm³/mol.